The summed E-state index contributed by atoms with van der Waals surface area (Å²) in [6.07, 6.45) is 6.72. The largest absolute Gasteiger partial charge is 0.350 e. The second-order valence-corrected chi connectivity index (χ2v) is 9.80. The molecule has 3 aromatic heterocycles. The van der Waals surface area contributed by atoms with E-state index in [0.717, 1.165) is 29.4 Å². The molecule has 0 atom stereocenters. The molecule has 1 aromatic carbocycles. The Balaban J connectivity index is 1.25. The SMILES string of the molecule is Cc1cnc(C2(N(C)C(=O)c3cnn4c3CN(C(=O)c3cc5c(C)cc(F)cc5[nH]3)CC4)CC2)nc1. The van der Waals surface area contributed by atoms with Gasteiger partial charge in [-0.2, -0.15) is 5.10 Å². The maximum atomic E-state index is 13.8. The molecule has 1 N–H and O–H groups in total. The third-order valence-electron chi connectivity index (χ3n) is 7.40. The molecule has 4 heterocycles. The molecule has 0 saturated heterocycles. The molecule has 1 saturated carbocycles. The molecule has 1 fully saturated rings. The summed E-state index contributed by atoms with van der Waals surface area (Å²) >= 11 is 0. The Bertz CT molecular complexity index is 1520. The average molecular weight is 488 g/mol. The number of carbonyl (C=O) groups is 2. The summed E-state index contributed by atoms with van der Waals surface area (Å²) in [5.74, 6) is -0.0623. The summed E-state index contributed by atoms with van der Waals surface area (Å²) in [6, 6.07) is 4.60. The van der Waals surface area contributed by atoms with E-state index in [4.69, 9.17) is 0 Å². The fourth-order valence-corrected chi connectivity index (χ4v) is 5.09. The molecule has 0 spiro atoms. The zero-order valence-electron chi connectivity index (χ0n) is 20.4. The lowest BCUT2D eigenvalue weighted by molar-refractivity contribution is 0.0665. The van der Waals surface area contributed by atoms with Crippen LogP contribution in [0.15, 0.2) is 36.8 Å². The number of nitrogens with zero attached hydrogens (tertiary/aromatic N) is 6. The topological polar surface area (TPSA) is 100 Å². The van der Waals surface area contributed by atoms with E-state index in [0.29, 0.717) is 41.4 Å². The molecular formula is C26H26FN7O2. The maximum Gasteiger partial charge on any atom is 0.270 e. The van der Waals surface area contributed by atoms with Gasteiger partial charge in [-0.05, 0) is 56.0 Å². The van der Waals surface area contributed by atoms with Crippen molar-refractivity contribution in [2.24, 2.45) is 0 Å². The number of carbonyl (C=O) groups excluding carboxylic acids is 2. The van der Waals surface area contributed by atoms with Gasteiger partial charge in [0.2, 0.25) is 0 Å². The summed E-state index contributed by atoms with van der Waals surface area (Å²) in [4.78, 5) is 42.4. The first-order valence-corrected chi connectivity index (χ1v) is 12.0. The Morgan fingerprint density at radius 2 is 1.83 bits per heavy atom. The highest BCUT2D eigenvalue weighted by atomic mass is 19.1. The molecule has 2 amide bonds. The minimum Gasteiger partial charge on any atom is -0.350 e. The number of benzene rings is 1. The molecule has 4 aromatic rings. The van der Waals surface area contributed by atoms with Crippen LogP contribution in [0.4, 0.5) is 4.39 Å². The Morgan fingerprint density at radius 3 is 2.56 bits per heavy atom. The Hall–Kier alpha value is -4.08. The van der Waals surface area contributed by atoms with Gasteiger partial charge in [-0.25, -0.2) is 14.4 Å². The van der Waals surface area contributed by atoms with Crippen molar-refractivity contribution in [2.45, 2.75) is 45.3 Å². The van der Waals surface area contributed by atoms with Gasteiger partial charge in [-0.3, -0.25) is 14.3 Å². The number of H-pyrrole nitrogens is 1. The van der Waals surface area contributed by atoms with Crippen LogP contribution in [0.3, 0.4) is 0 Å². The van der Waals surface area contributed by atoms with Crippen molar-refractivity contribution in [1.29, 1.82) is 0 Å². The maximum absolute atomic E-state index is 13.8. The summed E-state index contributed by atoms with van der Waals surface area (Å²) < 4.78 is 15.6. The monoisotopic (exact) mass is 487 g/mol. The van der Waals surface area contributed by atoms with Gasteiger partial charge >= 0.3 is 0 Å². The number of aromatic nitrogens is 5. The van der Waals surface area contributed by atoms with Crippen LogP contribution in [0.1, 0.15) is 56.3 Å². The number of hydrogen-bond acceptors (Lipinski definition) is 5. The fraction of sp³-hybridized carbons (Fsp3) is 0.346. The van der Waals surface area contributed by atoms with E-state index in [1.807, 2.05) is 13.8 Å². The third kappa shape index (κ3) is 3.47. The van der Waals surface area contributed by atoms with Crippen LogP contribution in [-0.4, -0.2) is 59.9 Å². The molecule has 2 aliphatic rings. The van der Waals surface area contributed by atoms with E-state index in [2.05, 4.69) is 20.1 Å². The highest BCUT2D eigenvalue weighted by Crippen LogP contribution is 2.49. The van der Waals surface area contributed by atoms with E-state index >= 15 is 0 Å². The molecule has 0 unspecified atom stereocenters. The van der Waals surface area contributed by atoms with Crippen molar-refractivity contribution in [1.82, 2.24) is 34.5 Å². The van der Waals surface area contributed by atoms with Crippen LogP contribution in [0.25, 0.3) is 10.9 Å². The van der Waals surface area contributed by atoms with Gasteiger partial charge < -0.3 is 14.8 Å². The number of halogens is 1. The first kappa shape index (κ1) is 22.4. The van der Waals surface area contributed by atoms with Gasteiger partial charge in [0.1, 0.15) is 17.1 Å². The zero-order chi connectivity index (χ0) is 25.2. The van der Waals surface area contributed by atoms with Gasteiger partial charge in [0.05, 0.1) is 30.5 Å². The molecule has 10 heteroatoms. The number of aryl methyl sites for hydroxylation is 2. The van der Waals surface area contributed by atoms with Gasteiger partial charge in [0.25, 0.3) is 11.8 Å². The standard InChI is InChI=1S/C26H26FN7O2/c1-15-11-28-25(29-12-15)26(4-5-26)32(3)23(35)19-13-30-34-7-6-33(14-22(19)34)24(36)21-10-18-16(2)8-17(27)9-20(18)31-21/h8-13,31H,4-7,14H2,1-3H3. The summed E-state index contributed by atoms with van der Waals surface area (Å²) in [6.45, 7) is 4.94. The predicted molar refractivity (Wildman–Crippen MR) is 130 cm³/mol. The van der Waals surface area contributed by atoms with E-state index < -0.39 is 5.54 Å². The zero-order valence-corrected chi connectivity index (χ0v) is 20.4. The minimum absolute atomic E-state index is 0.163. The molecule has 9 nitrogen and oxygen atoms in total. The van der Waals surface area contributed by atoms with Crippen LogP contribution in [0.5, 0.6) is 0 Å². The van der Waals surface area contributed by atoms with Crippen LogP contribution in [0, 0.1) is 19.7 Å². The van der Waals surface area contributed by atoms with Crippen molar-refractivity contribution in [3.05, 3.63) is 76.5 Å². The van der Waals surface area contributed by atoms with Crippen molar-refractivity contribution in [3.8, 4) is 0 Å². The Kier molecular flexibility index (Phi) is 4.96. The van der Waals surface area contributed by atoms with Gasteiger partial charge in [0, 0.05) is 36.9 Å². The van der Waals surface area contributed by atoms with Crippen molar-refractivity contribution < 1.29 is 14.0 Å². The predicted octanol–water partition coefficient (Wildman–Crippen LogP) is 3.33. The van der Waals surface area contributed by atoms with Crippen LogP contribution >= 0.6 is 0 Å². The summed E-state index contributed by atoms with van der Waals surface area (Å²) in [5.41, 5.74) is 3.37. The molecule has 0 radical (unpaired) electrons. The number of hydrogen-bond donors (Lipinski definition) is 1. The lowest BCUT2D eigenvalue weighted by Crippen LogP contribution is -2.41. The average Bonchev–Trinajstić information content (AvgIpc) is 3.38. The van der Waals surface area contributed by atoms with Crippen LogP contribution < -0.4 is 0 Å². The molecular weight excluding hydrogens is 461 g/mol. The highest BCUT2D eigenvalue weighted by molar-refractivity contribution is 5.99. The third-order valence-corrected chi connectivity index (χ3v) is 7.40. The van der Waals surface area contributed by atoms with E-state index in [9.17, 15) is 14.0 Å². The number of rotatable bonds is 4. The van der Waals surface area contributed by atoms with Crippen LogP contribution in [-0.2, 0) is 18.6 Å². The van der Waals surface area contributed by atoms with E-state index in [1.54, 1.807) is 46.2 Å². The molecule has 1 aliphatic carbocycles. The molecule has 6 rings (SSSR count). The molecule has 0 bridgehead atoms. The summed E-state index contributed by atoms with van der Waals surface area (Å²) in [7, 11) is 1.78. The molecule has 36 heavy (non-hydrogen) atoms. The first-order chi connectivity index (χ1) is 17.3. The fourth-order valence-electron chi connectivity index (χ4n) is 5.09. The van der Waals surface area contributed by atoms with Crippen LogP contribution in [0.2, 0.25) is 0 Å². The second-order valence-electron chi connectivity index (χ2n) is 9.80. The number of nitrogens with one attached hydrogen (secondary N) is 1. The molecule has 1 aliphatic heterocycles. The Morgan fingerprint density at radius 1 is 1.08 bits per heavy atom. The minimum atomic E-state index is -0.513. The van der Waals surface area contributed by atoms with Crippen molar-refractivity contribution in [2.75, 3.05) is 13.6 Å². The Labute approximate surface area is 206 Å². The first-order valence-electron chi connectivity index (χ1n) is 12.0. The van der Waals surface area contributed by atoms with Gasteiger partial charge in [0.15, 0.2) is 5.82 Å². The lowest BCUT2D eigenvalue weighted by atomic mass is 10.1. The summed E-state index contributed by atoms with van der Waals surface area (Å²) in [5, 5.41) is 5.23. The normalized spacial score (nSPS) is 16.2. The van der Waals surface area contributed by atoms with E-state index in [-0.39, 0.29) is 24.2 Å². The van der Waals surface area contributed by atoms with Crippen molar-refractivity contribution >= 4 is 22.7 Å². The smallest absolute Gasteiger partial charge is 0.270 e. The number of aromatic amines is 1. The quantitative estimate of drug-likeness (QED) is 0.476. The van der Waals surface area contributed by atoms with Gasteiger partial charge in [-0.1, -0.05) is 0 Å². The van der Waals surface area contributed by atoms with E-state index in [1.165, 1.54) is 12.1 Å². The number of amides is 2. The molecule has 184 valence electrons. The van der Waals surface area contributed by atoms with Gasteiger partial charge in [-0.15, -0.1) is 0 Å². The second kappa shape index (κ2) is 7.97. The van der Waals surface area contributed by atoms with Crippen molar-refractivity contribution in [3.63, 3.8) is 0 Å². The highest BCUT2D eigenvalue weighted by Gasteiger charge is 2.53. The lowest BCUT2D eigenvalue weighted by Gasteiger charge is -2.30. The number of fused-ring (bicyclic) bond motifs is 2.